The molecule has 2 aromatic rings. The molecule has 20 heavy (non-hydrogen) atoms. The van der Waals surface area contributed by atoms with Crippen LogP contribution in [0.4, 0.5) is 0 Å². The van der Waals surface area contributed by atoms with E-state index in [9.17, 15) is 0 Å². The molecule has 0 saturated carbocycles. The van der Waals surface area contributed by atoms with E-state index < -0.39 is 8.32 Å². The van der Waals surface area contributed by atoms with E-state index in [2.05, 4.69) is 72.5 Å². The molecule has 0 aliphatic heterocycles. The molecule has 1 aromatic carbocycles. The lowest BCUT2D eigenvalue weighted by Crippen LogP contribution is -2.46. The molecule has 108 valence electrons. The van der Waals surface area contributed by atoms with Crippen molar-refractivity contribution in [2.75, 3.05) is 7.11 Å². The van der Waals surface area contributed by atoms with Gasteiger partial charge in [-0.25, -0.2) is 0 Å². The maximum atomic E-state index is 5.97. The van der Waals surface area contributed by atoms with Crippen LogP contribution in [0.25, 0.3) is 10.8 Å². The molecule has 0 fully saturated rings. The summed E-state index contributed by atoms with van der Waals surface area (Å²) in [5.74, 6) is 0. The molecule has 4 heteroatoms. The molecule has 1 aromatic heterocycles. The number of benzene rings is 1. The molecule has 2 nitrogen and oxygen atoms in total. The number of rotatable bonds is 3. The largest absolute Gasteiger partial charge is 0.419 e. The molecular formula is C16H22BrNOSi. The molecule has 0 bridgehead atoms. The normalized spacial score (nSPS) is 15.3. The van der Waals surface area contributed by atoms with Crippen LogP contribution in [-0.2, 0) is 10.5 Å². The van der Waals surface area contributed by atoms with Gasteiger partial charge in [-0.3, -0.25) is 4.98 Å². The predicted octanol–water partition coefficient (Wildman–Crippen LogP) is 5.10. The van der Waals surface area contributed by atoms with Gasteiger partial charge < -0.3 is 4.43 Å². The molecule has 0 amide bonds. The number of hydrogen-bond donors (Lipinski definition) is 0. The highest BCUT2D eigenvalue weighted by Gasteiger charge is 2.41. The number of halogens is 1. The fourth-order valence-corrected chi connectivity index (χ4v) is 4.90. The summed E-state index contributed by atoms with van der Waals surface area (Å²) in [6.07, 6.45) is 1.90. The van der Waals surface area contributed by atoms with Gasteiger partial charge in [0.15, 0.2) is 8.32 Å². The van der Waals surface area contributed by atoms with Gasteiger partial charge in [0.1, 0.15) is 0 Å². The third kappa shape index (κ3) is 2.97. The van der Waals surface area contributed by atoms with Gasteiger partial charge >= 0.3 is 0 Å². The summed E-state index contributed by atoms with van der Waals surface area (Å²) in [6.45, 7) is 9.10. The Morgan fingerprint density at radius 1 is 1.25 bits per heavy atom. The third-order valence-electron chi connectivity index (χ3n) is 4.35. The lowest BCUT2D eigenvalue weighted by atomic mass is 10.1. The predicted molar refractivity (Wildman–Crippen MR) is 91.5 cm³/mol. The summed E-state index contributed by atoms with van der Waals surface area (Å²) in [4.78, 5) is 4.62. The molecule has 0 N–H and O–H groups in total. The maximum Gasteiger partial charge on any atom is 0.200 e. The van der Waals surface area contributed by atoms with Crippen LogP contribution in [0, 0.1) is 0 Å². The van der Waals surface area contributed by atoms with Gasteiger partial charge in [0, 0.05) is 34.9 Å². The van der Waals surface area contributed by atoms with Crippen molar-refractivity contribution < 1.29 is 4.43 Å². The van der Waals surface area contributed by atoms with E-state index in [-0.39, 0.29) is 5.04 Å². The average Bonchev–Trinajstić information content (AvgIpc) is 2.37. The quantitative estimate of drug-likeness (QED) is 0.717. The highest BCUT2D eigenvalue weighted by Crippen LogP contribution is 2.39. The summed E-state index contributed by atoms with van der Waals surface area (Å²) in [7, 11) is -0.0244. The fraction of sp³-hybridized carbons (Fsp3) is 0.438. The number of fused-ring (bicyclic) bond motifs is 1. The number of aromatic nitrogens is 1. The van der Waals surface area contributed by atoms with Gasteiger partial charge in [-0.05, 0) is 35.2 Å². The van der Waals surface area contributed by atoms with Gasteiger partial charge in [-0.1, -0.05) is 42.8 Å². The van der Waals surface area contributed by atoms with Crippen molar-refractivity contribution in [2.45, 2.75) is 38.4 Å². The van der Waals surface area contributed by atoms with Crippen molar-refractivity contribution >= 4 is 35.0 Å². The van der Waals surface area contributed by atoms with E-state index in [0.717, 1.165) is 16.2 Å². The Labute approximate surface area is 130 Å². The summed E-state index contributed by atoms with van der Waals surface area (Å²) in [5.41, 5.74) is 1.15. The topological polar surface area (TPSA) is 22.1 Å². The zero-order chi connectivity index (χ0) is 15.0. The Morgan fingerprint density at radius 3 is 2.55 bits per heavy atom. The van der Waals surface area contributed by atoms with Gasteiger partial charge in [0.2, 0.25) is 0 Å². The molecular weight excluding hydrogens is 330 g/mol. The minimum absolute atomic E-state index is 0.182. The Morgan fingerprint density at radius 2 is 1.95 bits per heavy atom. The first-order chi connectivity index (χ1) is 9.27. The molecule has 1 atom stereocenters. The van der Waals surface area contributed by atoms with Crippen LogP contribution < -0.4 is 0 Å². The minimum atomic E-state index is -1.87. The van der Waals surface area contributed by atoms with E-state index in [1.54, 1.807) is 0 Å². The van der Waals surface area contributed by atoms with Crippen molar-refractivity contribution in [3.05, 3.63) is 40.6 Å². The second kappa shape index (κ2) is 5.58. The number of hydrogen-bond acceptors (Lipinski definition) is 2. The van der Waals surface area contributed by atoms with Crippen LogP contribution in [0.3, 0.4) is 0 Å². The van der Waals surface area contributed by atoms with Gasteiger partial charge in [-0.2, -0.15) is 0 Å². The van der Waals surface area contributed by atoms with Gasteiger partial charge in [0.05, 0.1) is 0 Å². The molecule has 1 heterocycles. The Bertz CT molecular complexity index is 623. The van der Waals surface area contributed by atoms with Gasteiger partial charge in [0.25, 0.3) is 0 Å². The standard InChI is InChI=1S/C16H22BrNOSi/c1-16(2,3)20(5,19-4)11-15-14-7-6-13(17)10-12(14)8-9-18-15/h6-10H,11H2,1-5H3. The highest BCUT2D eigenvalue weighted by atomic mass is 79.9. The van der Waals surface area contributed by atoms with E-state index in [1.165, 1.54) is 10.8 Å². The molecule has 0 radical (unpaired) electrons. The van der Waals surface area contributed by atoms with Crippen molar-refractivity contribution in [2.24, 2.45) is 0 Å². The van der Waals surface area contributed by atoms with Crippen molar-refractivity contribution in [3.63, 3.8) is 0 Å². The van der Waals surface area contributed by atoms with Crippen LogP contribution >= 0.6 is 15.9 Å². The fourth-order valence-electron chi connectivity index (χ4n) is 2.32. The SMILES string of the molecule is CO[Si](C)(Cc1nccc2cc(Br)ccc12)C(C)(C)C. The highest BCUT2D eigenvalue weighted by molar-refractivity contribution is 9.10. The monoisotopic (exact) mass is 351 g/mol. The van der Waals surface area contributed by atoms with Crippen LogP contribution in [0.1, 0.15) is 26.5 Å². The van der Waals surface area contributed by atoms with Crippen LogP contribution in [0.5, 0.6) is 0 Å². The van der Waals surface area contributed by atoms with Crippen LogP contribution in [0.2, 0.25) is 11.6 Å². The summed E-state index contributed by atoms with van der Waals surface area (Å²) < 4.78 is 7.07. The lowest BCUT2D eigenvalue weighted by molar-refractivity contribution is 0.364. The van der Waals surface area contributed by atoms with Gasteiger partial charge in [-0.15, -0.1) is 0 Å². The summed E-state index contributed by atoms with van der Waals surface area (Å²) in [5, 5.41) is 2.64. The van der Waals surface area contributed by atoms with Crippen molar-refractivity contribution in [1.29, 1.82) is 0 Å². The van der Waals surface area contributed by atoms with E-state index in [4.69, 9.17) is 4.43 Å². The minimum Gasteiger partial charge on any atom is -0.419 e. The number of nitrogens with zero attached hydrogens (tertiary/aromatic N) is 1. The maximum absolute atomic E-state index is 5.97. The molecule has 1 unspecified atom stereocenters. The molecule has 0 spiro atoms. The van der Waals surface area contributed by atoms with E-state index in [0.29, 0.717) is 0 Å². The van der Waals surface area contributed by atoms with Crippen molar-refractivity contribution in [3.8, 4) is 0 Å². The lowest BCUT2D eigenvalue weighted by Gasteiger charge is -2.38. The Kier molecular flexibility index (Phi) is 4.37. The van der Waals surface area contributed by atoms with Crippen LogP contribution in [0.15, 0.2) is 34.9 Å². The first kappa shape index (κ1) is 15.7. The summed E-state index contributed by atoms with van der Waals surface area (Å²) in [6, 6.07) is 9.37. The zero-order valence-electron chi connectivity index (χ0n) is 12.8. The van der Waals surface area contributed by atoms with E-state index >= 15 is 0 Å². The zero-order valence-corrected chi connectivity index (χ0v) is 15.4. The number of pyridine rings is 1. The first-order valence-corrected chi connectivity index (χ1v) is 10.3. The smallest absolute Gasteiger partial charge is 0.200 e. The summed E-state index contributed by atoms with van der Waals surface area (Å²) >= 11 is 3.53. The second-order valence-electron chi connectivity index (χ2n) is 6.48. The second-order valence-corrected chi connectivity index (χ2v) is 12.1. The molecule has 0 aliphatic rings. The third-order valence-corrected chi connectivity index (χ3v) is 9.93. The van der Waals surface area contributed by atoms with E-state index in [1.807, 2.05) is 13.3 Å². The molecule has 0 saturated heterocycles. The average molecular weight is 352 g/mol. The van der Waals surface area contributed by atoms with Crippen molar-refractivity contribution in [1.82, 2.24) is 4.98 Å². The molecule has 2 rings (SSSR count). The Hall–Kier alpha value is -0.713. The molecule has 0 aliphatic carbocycles. The Balaban J connectivity index is 2.49. The van der Waals surface area contributed by atoms with Crippen LogP contribution in [-0.4, -0.2) is 20.4 Å². The first-order valence-electron chi connectivity index (χ1n) is 6.85.